The number of hydrogen-bond acceptors (Lipinski definition) is 5. The summed E-state index contributed by atoms with van der Waals surface area (Å²) in [6.45, 7) is 4.77. The van der Waals surface area contributed by atoms with Gasteiger partial charge in [0, 0.05) is 30.2 Å². The Morgan fingerprint density at radius 1 is 1.00 bits per heavy atom. The molecule has 1 N–H and O–H groups in total. The third-order valence-corrected chi connectivity index (χ3v) is 4.46. The minimum atomic E-state index is -0.214. The second-order valence-electron chi connectivity index (χ2n) is 6.47. The van der Waals surface area contributed by atoms with Gasteiger partial charge in [-0.15, -0.1) is 0 Å². The predicted molar refractivity (Wildman–Crippen MR) is 102 cm³/mol. The highest BCUT2D eigenvalue weighted by Crippen LogP contribution is 2.35. The summed E-state index contributed by atoms with van der Waals surface area (Å²) in [5.41, 5.74) is 3.01. The molecule has 0 atom stereocenters. The van der Waals surface area contributed by atoms with Crippen LogP contribution in [-0.4, -0.2) is 32.0 Å². The summed E-state index contributed by atoms with van der Waals surface area (Å²) >= 11 is 0. The number of aryl methyl sites for hydroxylation is 2. The lowest BCUT2D eigenvalue weighted by molar-refractivity contribution is -0.116. The van der Waals surface area contributed by atoms with Crippen LogP contribution in [-0.2, 0) is 4.79 Å². The van der Waals surface area contributed by atoms with Gasteiger partial charge in [-0.1, -0.05) is 0 Å². The molecule has 0 radical (unpaired) electrons. The van der Waals surface area contributed by atoms with Crippen molar-refractivity contribution >= 4 is 17.4 Å². The molecular formula is C21H23NO5. The van der Waals surface area contributed by atoms with Crippen molar-refractivity contribution in [2.45, 2.75) is 26.7 Å². The van der Waals surface area contributed by atoms with E-state index < -0.39 is 0 Å². The molecule has 0 bridgehead atoms. The van der Waals surface area contributed by atoms with E-state index >= 15 is 0 Å². The van der Waals surface area contributed by atoms with Crippen LogP contribution in [0, 0.1) is 13.8 Å². The van der Waals surface area contributed by atoms with Gasteiger partial charge >= 0.3 is 0 Å². The fourth-order valence-electron chi connectivity index (χ4n) is 2.96. The Morgan fingerprint density at radius 2 is 1.70 bits per heavy atom. The van der Waals surface area contributed by atoms with E-state index in [9.17, 15) is 9.59 Å². The topological polar surface area (TPSA) is 73.9 Å². The lowest BCUT2D eigenvalue weighted by Gasteiger charge is -2.20. The van der Waals surface area contributed by atoms with Gasteiger partial charge in [0.25, 0.3) is 0 Å². The smallest absolute Gasteiger partial charge is 0.224 e. The molecule has 6 nitrogen and oxygen atoms in total. The Balaban J connectivity index is 1.60. The van der Waals surface area contributed by atoms with Crippen molar-refractivity contribution in [2.24, 2.45) is 0 Å². The van der Waals surface area contributed by atoms with Crippen LogP contribution < -0.4 is 19.5 Å². The van der Waals surface area contributed by atoms with Gasteiger partial charge in [0.1, 0.15) is 19.0 Å². The molecule has 2 aromatic rings. The van der Waals surface area contributed by atoms with Gasteiger partial charge in [0.2, 0.25) is 5.91 Å². The van der Waals surface area contributed by atoms with E-state index in [0.29, 0.717) is 36.0 Å². The molecule has 0 aromatic heterocycles. The Labute approximate surface area is 158 Å². The molecule has 0 aliphatic carbocycles. The number of ether oxygens (including phenoxy) is 3. The number of carbonyl (C=O) groups is 2. The second kappa shape index (κ2) is 8.12. The Morgan fingerprint density at radius 3 is 2.37 bits per heavy atom. The molecule has 0 unspecified atom stereocenters. The molecule has 2 aromatic carbocycles. The number of benzene rings is 2. The molecule has 0 saturated heterocycles. The van der Waals surface area contributed by atoms with Gasteiger partial charge in [-0.25, -0.2) is 0 Å². The van der Waals surface area contributed by atoms with Gasteiger partial charge in [-0.2, -0.15) is 0 Å². The van der Waals surface area contributed by atoms with Gasteiger partial charge in [0.15, 0.2) is 17.3 Å². The summed E-state index contributed by atoms with van der Waals surface area (Å²) in [4.78, 5) is 24.6. The zero-order valence-electron chi connectivity index (χ0n) is 15.8. The first kappa shape index (κ1) is 18.8. The number of nitrogens with one attached hydrogen (secondary N) is 1. The number of fused-ring (bicyclic) bond motifs is 1. The first-order chi connectivity index (χ1) is 13.0. The second-order valence-corrected chi connectivity index (χ2v) is 6.47. The van der Waals surface area contributed by atoms with Crippen molar-refractivity contribution in [1.29, 1.82) is 0 Å². The van der Waals surface area contributed by atoms with Crippen LogP contribution in [0.2, 0.25) is 0 Å². The number of anilines is 1. The zero-order chi connectivity index (χ0) is 19.4. The quantitative estimate of drug-likeness (QED) is 0.786. The lowest BCUT2D eigenvalue weighted by atomic mass is 10.0. The standard InChI is InChI=1S/C21H23NO5/c1-13-11-19-20(27-9-8-26-19)12-16(13)22-21(24)7-5-17(23)15-4-6-18(25-3)14(2)10-15/h4,6,10-12H,5,7-9H2,1-3H3,(H,22,24). The third kappa shape index (κ3) is 4.39. The van der Waals surface area contributed by atoms with Crippen LogP contribution in [0.15, 0.2) is 30.3 Å². The fraction of sp³-hybridized carbons (Fsp3) is 0.333. The van der Waals surface area contributed by atoms with E-state index in [1.807, 2.05) is 19.9 Å². The molecule has 3 rings (SSSR count). The minimum Gasteiger partial charge on any atom is -0.496 e. The van der Waals surface area contributed by atoms with E-state index in [1.54, 1.807) is 31.4 Å². The van der Waals surface area contributed by atoms with Crippen molar-refractivity contribution in [2.75, 3.05) is 25.6 Å². The SMILES string of the molecule is COc1ccc(C(=O)CCC(=O)Nc2cc3c(cc2C)OCCO3)cc1C. The van der Waals surface area contributed by atoms with Crippen molar-refractivity contribution in [1.82, 2.24) is 0 Å². The molecule has 0 spiro atoms. The molecule has 1 aliphatic heterocycles. The maximum absolute atomic E-state index is 12.4. The monoisotopic (exact) mass is 369 g/mol. The van der Waals surface area contributed by atoms with E-state index in [0.717, 1.165) is 16.9 Å². The van der Waals surface area contributed by atoms with E-state index in [-0.39, 0.29) is 24.5 Å². The molecule has 1 aliphatic rings. The Hall–Kier alpha value is -3.02. The average molecular weight is 369 g/mol. The number of amides is 1. The highest BCUT2D eigenvalue weighted by molar-refractivity contribution is 6.00. The summed E-state index contributed by atoms with van der Waals surface area (Å²) in [5.74, 6) is 1.75. The number of hydrogen-bond donors (Lipinski definition) is 1. The summed E-state index contributed by atoms with van der Waals surface area (Å²) in [7, 11) is 1.59. The number of carbonyl (C=O) groups excluding carboxylic acids is 2. The maximum Gasteiger partial charge on any atom is 0.224 e. The molecule has 0 saturated carbocycles. The van der Waals surface area contributed by atoms with Crippen molar-refractivity contribution in [3.63, 3.8) is 0 Å². The molecular weight excluding hydrogens is 346 g/mol. The first-order valence-electron chi connectivity index (χ1n) is 8.86. The Bertz CT molecular complexity index is 875. The summed E-state index contributed by atoms with van der Waals surface area (Å²) in [6.07, 6.45) is 0.249. The van der Waals surface area contributed by atoms with Gasteiger partial charge in [-0.3, -0.25) is 9.59 Å². The summed E-state index contributed by atoms with van der Waals surface area (Å²) in [6, 6.07) is 8.87. The molecule has 0 fully saturated rings. The summed E-state index contributed by atoms with van der Waals surface area (Å²) in [5, 5.41) is 2.85. The maximum atomic E-state index is 12.4. The van der Waals surface area contributed by atoms with E-state index in [1.165, 1.54) is 0 Å². The minimum absolute atomic E-state index is 0.0743. The number of Topliss-reactive ketones (excluding diaryl/α,β-unsaturated/α-hetero) is 1. The first-order valence-corrected chi connectivity index (χ1v) is 8.86. The van der Waals surface area contributed by atoms with Gasteiger partial charge < -0.3 is 19.5 Å². The number of methoxy groups -OCH3 is 1. The van der Waals surface area contributed by atoms with E-state index in [2.05, 4.69) is 5.32 Å². The highest BCUT2D eigenvalue weighted by Gasteiger charge is 2.16. The van der Waals surface area contributed by atoms with Crippen LogP contribution in [0.5, 0.6) is 17.2 Å². The predicted octanol–water partition coefficient (Wildman–Crippen LogP) is 3.68. The van der Waals surface area contributed by atoms with Crippen molar-refractivity contribution in [3.05, 3.63) is 47.0 Å². The van der Waals surface area contributed by atoms with Gasteiger partial charge in [-0.05, 0) is 49.2 Å². The third-order valence-electron chi connectivity index (χ3n) is 4.46. The highest BCUT2D eigenvalue weighted by atomic mass is 16.6. The van der Waals surface area contributed by atoms with Crippen molar-refractivity contribution < 1.29 is 23.8 Å². The number of rotatable bonds is 6. The van der Waals surface area contributed by atoms with Crippen molar-refractivity contribution in [3.8, 4) is 17.2 Å². The fourth-order valence-corrected chi connectivity index (χ4v) is 2.96. The lowest BCUT2D eigenvalue weighted by Crippen LogP contribution is -2.17. The number of ketones is 1. The zero-order valence-corrected chi connectivity index (χ0v) is 15.8. The van der Waals surface area contributed by atoms with Crippen LogP contribution in [0.25, 0.3) is 0 Å². The normalized spacial score (nSPS) is 12.4. The molecule has 1 amide bonds. The average Bonchev–Trinajstić information content (AvgIpc) is 2.66. The van der Waals surface area contributed by atoms with Gasteiger partial charge in [0.05, 0.1) is 7.11 Å². The molecule has 27 heavy (non-hydrogen) atoms. The van der Waals surface area contributed by atoms with Crippen LogP contribution in [0.4, 0.5) is 5.69 Å². The summed E-state index contributed by atoms with van der Waals surface area (Å²) < 4.78 is 16.3. The Kier molecular flexibility index (Phi) is 5.64. The molecule has 1 heterocycles. The van der Waals surface area contributed by atoms with E-state index in [4.69, 9.17) is 14.2 Å². The molecule has 6 heteroatoms. The van der Waals surface area contributed by atoms with Crippen LogP contribution >= 0.6 is 0 Å². The largest absolute Gasteiger partial charge is 0.496 e. The van der Waals surface area contributed by atoms with Crippen LogP contribution in [0.1, 0.15) is 34.3 Å². The van der Waals surface area contributed by atoms with Crippen LogP contribution in [0.3, 0.4) is 0 Å². The molecule has 142 valence electrons.